The molecule has 0 bridgehead atoms. The molecule has 3 aromatic rings. The smallest absolute Gasteiger partial charge is 0.168 e. The highest BCUT2D eigenvalue weighted by Crippen LogP contribution is 2.23. The normalized spacial score (nSPS) is 11.9. The van der Waals surface area contributed by atoms with Crippen molar-refractivity contribution in [3.63, 3.8) is 0 Å². The summed E-state index contributed by atoms with van der Waals surface area (Å²) in [5.74, 6) is 1.45. The van der Waals surface area contributed by atoms with Crippen LogP contribution >= 0.6 is 0 Å². The predicted octanol–water partition coefficient (Wildman–Crippen LogP) is 4.52. The van der Waals surface area contributed by atoms with E-state index < -0.39 is 0 Å². The summed E-state index contributed by atoms with van der Waals surface area (Å²) >= 11 is 0. The molecule has 2 aromatic heterocycles. The highest BCUT2D eigenvalue weighted by molar-refractivity contribution is 5.97. The predicted molar refractivity (Wildman–Crippen MR) is 109 cm³/mol. The molecule has 0 atom stereocenters. The molecular formula is C22H28N4O. The van der Waals surface area contributed by atoms with E-state index >= 15 is 0 Å². The molecule has 0 saturated heterocycles. The molecule has 0 spiro atoms. The zero-order chi connectivity index (χ0) is 19.6. The van der Waals surface area contributed by atoms with Crippen LogP contribution in [-0.4, -0.2) is 26.9 Å². The molecular weight excluding hydrogens is 336 g/mol. The monoisotopic (exact) mass is 364 g/mol. The zero-order valence-electron chi connectivity index (χ0n) is 16.8. The third-order valence-corrected chi connectivity index (χ3v) is 4.52. The zero-order valence-corrected chi connectivity index (χ0v) is 16.8. The van der Waals surface area contributed by atoms with E-state index in [-0.39, 0.29) is 17.6 Å². The van der Waals surface area contributed by atoms with E-state index in [9.17, 15) is 4.79 Å². The summed E-state index contributed by atoms with van der Waals surface area (Å²) in [5.41, 5.74) is 3.51. The van der Waals surface area contributed by atoms with E-state index in [0.29, 0.717) is 5.92 Å². The first-order valence-corrected chi connectivity index (χ1v) is 9.45. The van der Waals surface area contributed by atoms with Crippen molar-refractivity contribution < 1.29 is 4.79 Å². The number of benzene rings is 1. The standard InChI is InChI=1S/C22H28N4O/c1-15(2)14-23-21-13-18(25-20-10-11-24-26(20)21)12-19(27)16-6-8-17(9-7-16)22(3,4)5/h6-11,13,15,23H,12,14H2,1-5H3. The van der Waals surface area contributed by atoms with Crippen LogP contribution in [0.1, 0.15) is 56.2 Å². The van der Waals surface area contributed by atoms with Crippen molar-refractivity contribution in [3.8, 4) is 0 Å². The quantitative estimate of drug-likeness (QED) is 0.653. The number of aromatic nitrogens is 3. The van der Waals surface area contributed by atoms with Gasteiger partial charge in [-0.3, -0.25) is 4.79 Å². The largest absolute Gasteiger partial charge is 0.370 e. The van der Waals surface area contributed by atoms with E-state index in [1.165, 1.54) is 5.56 Å². The molecule has 1 aromatic carbocycles. The van der Waals surface area contributed by atoms with Crippen LogP contribution in [0.3, 0.4) is 0 Å². The molecule has 27 heavy (non-hydrogen) atoms. The minimum Gasteiger partial charge on any atom is -0.370 e. The Hall–Kier alpha value is -2.69. The van der Waals surface area contributed by atoms with Gasteiger partial charge in [-0.1, -0.05) is 58.9 Å². The second-order valence-electron chi connectivity index (χ2n) is 8.44. The summed E-state index contributed by atoms with van der Waals surface area (Å²) < 4.78 is 1.77. The summed E-state index contributed by atoms with van der Waals surface area (Å²) in [6, 6.07) is 11.7. The van der Waals surface area contributed by atoms with Crippen LogP contribution in [0.15, 0.2) is 42.6 Å². The fraction of sp³-hybridized carbons (Fsp3) is 0.409. The molecule has 0 aliphatic carbocycles. The van der Waals surface area contributed by atoms with Crippen molar-refractivity contribution >= 4 is 17.2 Å². The SMILES string of the molecule is CC(C)CNc1cc(CC(=O)c2ccc(C(C)(C)C)cc2)nc2ccnn12. The Bertz CT molecular complexity index is 933. The summed E-state index contributed by atoms with van der Waals surface area (Å²) in [7, 11) is 0. The first-order valence-electron chi connectivity index (χ1n) is 9.45. The third kappa shape index (κ3) is 4.54. The van der Waals surface area contributed by atoms with E-state index in [1.807, 2.05) is 36.4 Å². The molecule has 0 aliphatic heterocycles. The second kappa shape index (κ2) is 7.51. The number of Topliss-reactive ketones (excluding diaryl/α,β-unsaturated/α-hetero) is 1. The van der Waals surface area contributed by atoms with Crippen molar-refractivity contribution in [2.24, 2.45) is 5.92 Å². The van der Waals surface area contributed by atoms with Crippen LogP contribution in [0, 0.1) is 5.92 Å². The van der Waals surface area contributed by atoms with Crippen LogP contribution in [-0.2, 0) is 11.8 Å². The summed E-state index contributed by atoms with van der Waals surface area (Å²) in [5, 5.41) is 7.71. The molecule has 5 nitrogen and oxygen atoms in total. The Morgan fingerprint density at radius 2 is 1.85 bits per heavy atom. The lowest BCUT2D eigenvalue weighted by Gasteiger charge is -2.19. The van der Waals surface area contributed by atoms with Crippen LogP contribution in [0.4, 0.5) is 5.82 Å². The number of rotatable bonds is 6. The van der Waals surface area contributed by atoms with Crippen LogP contribution in [0.25, 0.3) is 5.65 Å². The topological polar surface area (TPSA) is 59.3 Å². The Morgan fingerprint density at radius 3 is 2.48 bits per heavy atom. The molecule has 0 fully saturated rings. The highest BCUT2D eigenvalue weighted by atomic mass is 16.1. The van der Waals surface area contributed by atoms with E-state index in [4.69, 9.17) is 0 Å². The minimum atomic E-state index is 0.0710. The van der Waals surface area contributed by atoms with Gasteiger partial charge in [0.2, 0.25) is 0 Å². The van der Waals surface area contributed by atoms with Gasteiger partial charge in [-0.25, -0.2) is 4.98 Å². The first kappa shape index (κ1) is 19.1. The molecule has 0 aliphatic rings. The number of carbonyl (C=O) groups excluding carboxylic acids is 1. The number of fused-ring (bicyclic) bond motifs is 1. The molecule has 5 heteroatoms. The first-order chi connectivity index (χ1) is 12.7. The second-order valence-corrected chi connectivity index (χ2v) is 8.44. The summed E-state index contributed by atoms with van der Waals surface area (Å²) in [4.78, 5) is 17.3. The average Bonchev–Trinajstić information content (AvgIpc) is 3.07. The number of hydrogen-bond donors (Lipinski definition) is 1. The van der Waals surface area contributed by atoms with Crippen molar-refractivity contribution in [2.75, 3.05) is 11.9 Å². The van der Waals surface area contributed by atoms with Crippen molar-refractivity contribution in [1.29, 1.82) is 0 Å². The number of carbonyl (C=O) groups is 1. The third-order valence-electron chi connectivity index (χ3n) is 4.52. The number of nitrogens with one attached hydrogen (secondary N) is 1. The van der Waals surface area contributed by atoms with Crippen molar-refractivity contribution in [1.82, 2.24) is 14.6 Å². The minimum absolute atomic E-state index is 0.0710. The molecule has 0 unspecified atom stereocenters. The Kier molecular flexibility index (Phi) is 5.31. The van der Waals surface area contributed by atoms with E-state index in [0.717, 1.165) is 29.3 Å². The van der Waals surface area contributed by atoms with Gasteiger partial charge in [0.1, 0.15) is 5.82 Å². The molecule has 2 heterocycles. The van der Waals surface area contributed by atoms with Gasteiger partial charge in [0.05, 0.1) is 18.3 Å². The van der Waals surface area contributed by atoms with Crippen molar-refractivity contribution in [3.05, 3.63) is 59.4 Å². The molecule has 3 rings (SSSR count). The van der Waals surface area contributed by atoms with Gasteiger partial charge < -0.3 is 5.32 Å². The lowest BCUT2D eigenvalue weighted by atomic mass is 9.86. The van der Waals surface area contributed by atoms with Crippen LogP contribution in [0.2, 0.25) is 0 Å². The maximum atomic E-state index is 12.7. The van der Waals surface area contributed by atoms with Gasteiger partial charge in [-0.2, -0.15) is 9.61 Å². The fourth-order valence-electron chi connectivity index (χ4n) is 2.91. The summed E-state index contributed by atoms with van der Waals surface area (Å²) in [6.07, 6.45) is 1.99. The molecule has 142 valence electrons. The number of hydrogen-bond acceptors (Lipinski definition) is 4. The van der Waals surface area contributed by atoms with Crippen LogP contribution < -0.4 is 5.32 Å². The Balaban J connectivity index is 1.82. The number of nitrogens with zero attached hydrogens (tertiary/aromatic N) is 3. The maximum absolute atomic E-state index is 12.7. The fourth-order valence-corrected chi connectivity index (χ4v) is 2.91. The maximum Gasteiger partial charge on any atom is 0.168 e. The van der Waals surface area contributed by atoms with Crippen LogP contribution in [0.5, 0.6) is 0 Å². The van der Waals surface area contributed by atoms with Gasteiger partial charge >= 0.3 is 0 Å². The average molecular weight is 364 g/mol. The van der Waals surface area contributed by atoms with E-state index in [1.54, 1.807) is 10.7 Å². The molecule has 1 N–H and O–H groups in total. The lowest BCUT2D eigenvalue weighted by Crippen LogP contribution is -2.14. The van der Waals surface area contributed by atoms with Gasteiger partial charge in [0.25, 0.3) is 0 Å². The highest BCUT2D eigenvalue weighted by Gasteiger charge is 2.15. The van der Waals surface area contributed by atoms with Crippen molar-refractivity contribution in [2.45, 2.75) is 46.5 Å². The molecule has 0 saturated carbocycles. The number of ketones is 1. The molecule has 0 radical (unpaired) electrons. The number of anilines is 1. The van der Waals surface area contributed by atoms with E-state index in [2.05, 4.69) is 50.0 Å². The van der Waals surface area contributed by atoms with Gasteiger partial charge in [0.15, 0.2) is 11.4 Å². The Morgan fingerprint density at radius 1 is 1.15 bits per heavy atom. The van der Waals surface area contributed by atoms with Gasteiger partial charge in [-0.15, -0.1) is 0 Å². The Labute approximate surface area is 160 Å². The van der Waals surface area contributed by atoms with Gasteiger partial charge in [0, 0.05) is 24.2 Å². The van der Waals surface area contributed by atoms with Gasteiger partial charge in [-0.05, 0) is 16.9 Å². The molecule has 0 amide bonds. The summed E-state index contributed by atoms with van der Waals surface area (Å²) in [6.45, 7) is 11.6. The lowest BCUT2D eigenvalue weighted by molar-refractivity contribution is 0.0992.